The summed E-state index contributed by atoms with van der Waals surface area (Å²) in [5.74, 6) is -2.10. The summed E-state index contributed by atoms with van der Waals surface area (Å²) in [5, 5.41) is 8.86. The Kier molecular flexibility index (Phi) is 34.6. The maximum Gasteiger partial charge on any atom is 0.308 e. The van der Waals surface area contributed by atoms with Crippen molar-refractivity contribution in [2.45, 2.75) is 99.5 Å². The number of aromatic nitrogens is 8. The number of aryl methyl sites for hydroxylation is 4. The van der Waals surface area contributed by atoms with E-state index in [0.29, 0.717) is 228 Å². The molecule has 0 unspecified atom stereocenters. The number of nitrogens with two attached hydrogens (primary N) is 2. The van der Waals surface area contributed by atoms with E-state index in [-0.39, 0.29) is 79.1 Å². The number of hydrogen-bond acceptors (Lipinski definition) is 22. The molecule has 0 saturated carbocycles. The maximum absolute atomic E-state index is 14.0. The number of rotatable bonds is 49. The Morgan fingerprint density at radius 2 is 0.893 bits per heavy atom. The van der Waals surface area contributed by atoms with Crippen molar-refractivity contribution in [2.75, 3.05) is 179 Å². The molecule has 33 nitrogen and oxygen atoms in total. The third-order valence-electron chi connectivity index (χ3n) is 15.8. The van der Waals surface area contributed by atoms with Crippen molar-refractivity contribution in [1.29, 1.82) is 0 Å². The normalized spacial score (nSPS) is 13.4. The van der Waals surface area contributed by atoms with Gasteiger partial charge in [0.1, 0.15) is 39.5 Å². The Hall–Kier alpha value is -8.48. The van der Waals surface area contributed by atoms with E-state index in [2.05, 4.69) is 35.1 Å². The lowest BCUT2D eigenvalue weighted by Gasteiger charge is -2.34. The van der Waals surface area contributed by atoms with Crippen LogP contribution < -0.4 is 32.2 Å². The van der Waals surface area contributed by atoms with Gasteiger partial charge in [0.05, 0.1) is 181 Å². The standard InChI is InChI=1S/C70H104N14O19/c1-9-83-56(44-50(3)77-83)66(89)75-68-73-54-46-52(64(71)87)48-58(91-8)62(54)81(68)17-11-12-18-82-63-55(74-69(82)76-67(90)57-45-51(4)78-84(57)10-2)47-53(65(72)88)49-59(63)102-23-13-16-79-19-21-80(22-20-79)60(85)14-24-92-26-28-94-30-32-96-34-36-98-38-40-100-42-43-101-41-39-99-37-35-97-33-31-95-29-27-93-25-15-61(86)103-70(5,6)7/h11-12,44-49H,9-10,13-43H2,1-8H3,(H2,71,87)(H2,72,88)(H,73,75,89)(H,74,76,90)/b12-11+. The van der Waals surface area contributed by atoms with Crippen molar-refractivity contribution in [3.05, 3.63) is 93.7 Å². The third kappa shape index (κ3) is 27.3. The van der Waals surface area contributed by atoms with Crippen molar-refractivity contribution in [3.8, 4) is 11.5 Å². The van der Waals surface area contributed by atoms with E-state index < -0.39 is 29.2 Å². The van der Waals surface area contributed by atoms with Gasteiger partial charge in [0, 0.05) is 70.0 Å². The average molecular weight is 1450 g/mol. The number of piperazine rings is 1. The number of nitrogens with zero attached hydrogens (tertiary/aromatic N) is 10. The molecule has 103 heavy (non-hydrogen) atoms. The van der Waals surface area contributed by atoms with Crippen LogP contribution in [0.5, 0.6) is 11.5 Å². The molecule has 568 valence electrons. The topological polar surface area (TPSA) is 383 Å². The lowest BCUT2D eigenvalue weighted by Crippen LogP contribution is -2.49. The molecule has 33 heteroatoms. The summed E-state index contributed by atoms with van der Waals surface area (Å²) in [5.41, 5.74) is 15.5. The first-order valence-electron chi connectivity index (χ1n) is 35.0. The first-order valence-corrected chi connectivity index (χ1v) is 35.0. The van der Waals surface area contributed by atoms with Crippen molar-refractivity contribution >= 4 is 57.6 Å². The number of fused-ring (bicyclic) bond motifs is 2. The summed E-state index contributed by atoms with van der Waals surface area (Å²) < 4.78 is 79.5. The molecular formula is C70H104N14O19. The van der Waals surface area contributed by atoms with E-state index in [4.69, 9.17) is 73.0 Å². The lowest BCUT2D eigenvalue weighted by molar-refractivity contribution is -0.156. The number of benzene rings is 2. The minimum absolute atomic E-state index is 0.0223. The average Bonchev–Trinajstić information content (AvgIpc) is 1.63. The van der Waals surface area contributed by atoms with E-state index in [0.717, 1.165) is 0 Å². The number of esters is 1. The van der Waals surface area contributed by atoms with Crippen LogP contribution in [0, 0.1) is 13.8 Å². The number of methoxy groups -OCH3 is 1. The number of hydrogen-bond donors (Lipinski definition) is 4. The largest absolute Gasteiger partial charge is 0.494 e. The molecule has 0 spiro atoms. The predicted octanol–water partition coefficient (Wildman–Crippen LogP) is 3.45. The summed E-state index contributed by atoms with van der Waals surface area (Å²) in [7, 11) is 1.46. The molecule has 6 aromatic rings. The van der Waals surface area contributed by atoms with Gasteiger partial charge >= 0.3 is 5.97 Å². The molecule has 5 heterocycles. The zero-order valence-corrected chi connectivity index (χ0v) is 60.8. The van der Waals surface area contributed by atoms with E-state index >= 15 is 0 Å². The fourth-order valence-corrected chi connectivity index (χ4v) is 10.9. The highest BCUT2D eigenvalue weighted by Gasteiger charge is 2.24. The summed E-state index contributed by atoms with van der Waals surface area (Å²) in [4.78, 5) is 97.4. The van der Waals surface area contributed by atoms with Crippen LogP contribution in [0.15, 0.2) is 58.5 Å². The molecule has 1 saturated heterocycles. The highest BCUT2D eigenvalue weighted by Crippen LogP contribution is 2.28. The number of amides is 5. The fourth-order valence-electron chi connectivity index (χ4n) is 10.9. The van der Waals surface area contributed by atoms with Crippen LogP contribution in [0.2, 0.25) is 0 Å². The Morgan fingerprint density at radius 1 is 0.515 bits per heavy atom. The SMILES string of the molecule is CCn1nc(C)cc1C(=O)/N=c1\[nH]c2cc(C(N)=O)cc(OC)c2n1C/C=C/Cn1/c(=N/C(=O)c2cc(C)nn2CC)[nH]c2cc(C(N)=O)cc(OCCCN3CCN(C(=O)CCOCCOCCOCCOCCOCCOCCOCCOCCOCCOCCC(=O)OC(C)(C)C)CC3)c21. The van der Waals surface area contributed by atoms with Crippen molar-refractivity contribution in [3.63, 3.8) is 0 Å². The molecular weight excluding hydrogens is 1340 g/mol. The molecule has 1 fully saturated rings. The Morgan fingerprint density at radius 3 is 1.27 bits per heavy atom. The highest BCUT2D eigenvalue weighted by atomic mass is 16.6. The van der Waals surface area contributed by atoms with Gasteiger partial charge < -0.3 is 97.0 Å². The third-order valence-corrected chi connectivity index (χ3v) is 15.8. The molecule has 0 radical (unpaired) electrons. The monoisotopic (exact) mass is 1440 g/mol. The quantitative estimate of drug-likeness (QED) is 0.0241. The minimum atomic E-state index is -0.690. The molecule has 5 amide bonds. The Bertz CT molecular complexity index is 3850. The van der Waals surface area contributed by atoms with Gasteiger partial charge in [-0.1, -0.05) is 12.2 Å². The number of aromatic amines is 2. The van der Waals surface area contributed by atoms with E-state index in [1.54, 1.807) is 62.7 Å². The number of nitrogens with one attached hydrogen (secondary N) is 2. The molecule has 2 aromatic carbocycles. The first-order chi connectivity index (χ1) is 49.8. The second-order valence-electron chi connectivity index (χ2n) is 24.7. The maximum atomic E-state index is 14.0. The lowest BCUT2D eigenvalue weighted by atomic mass is 10.1. The summed E-state index contributed by atoms with van der Waals surface area (Å²) in [6, 6.07) is 9.57. The molecule has 6 N–H and O–H groups in total. The number of imidazole rings is 2. The zero-order valence-electron chi connectivity index (χ0n) is 60.8. The second kappa shape index (κ2) is 43.6. The minimum Gasteiger partial charge on any atom is -0.494 e. The van der Waals surface area contributed by atoms with E-state index in [1.165, 1.54) is 13.2 Å². The molecule has 0 bridgehead atoms. The van der Waals surface area contributed by atoms with Crippen molar-refractivity contribution in [1.82, 2.24) is 48.5 Å². The Labute approximate surface area is 598 Å². The summed E-state index contributed by atoms with van der Waals surface area (Å²) >= 11 is 0. The number of allylic oxidation sites excluding steroid dienone is 2. The number of carbonyl (C=O) groups excluding carboxylic acids is 6. The second-order valence-corrected chi connectivity index (χ2v) is 24.7. The van der Waals surface area contributed by atoms with Crippen LogP contribution in [0.3, 0.4) is 0 Å². The molecule has 1 aliphatic heterocycles. The van der Waals surface area contributed by atoms with Crippen LogP contribution in [0.25, 0.3) is 22.1 Å². The van der Waals surface area contributed by atoms with Gasteiger partial charge in [-0.15, -0.1) is 0 Å². The molecule has 7 rings (SSSR count). The molecule has 1 aliphatic rings. The van der Waals surface area contributed by atoms with Gasteiger partial charge in [0.15, 0.2) is 0 Å². The molecule has 0 aliphatic carbocycles. The fraction of sp³-hybridized carbons (Fsp3) is 0.600. The van der Waals surface area contributed by atoms with Gasteiger partial charge in [-0.3, -0.25) is 43.0 Å². The van der Waals surface area contributed by atoms with Gasteiger partial charge in [-0.25, -0.2) is 0 Å². The predicted molar refractivity (Wildman–Crippen MR) is 377 cm³/mol. The summed E-state index contributed by atoms with van der Waals surface area (Å²) in [6.07, 6.45) is 4.75. The van der Waals surface area contributed by atoms with Crippen LogP contribution in [0.4, 0.5) is 0 Å². The van der Waals surface area contributed by atoms with E-state index in [1.807, 2.05) is 51.7 Å². The first kappa shape index (κ1) is 81.8. The number of primary amides is 2. The van der Waals surface area contributed by atoms with Gasteiger partial charge in [-0.2, -0.15) is 20.2 Å². The highest BCUT2D eigenvalue weighted by molar-refractivity contribution is 6.00. The summed E-state index contributed by atoms with van der Waals surface area (Å²) in [6.45, 7) is 25.6. The number of ether oxygens (including phenoxy) is 13. The van der Waals surface area contributed by atoms with Gasteiger partial charge in [0.2, 0.25) is 29.0 Å². The van der Waals surface area contributed by atoms with Gasteiger partial charge in [-0.05, 0) is 91.3 Å². The van der Waals surface area contributed by atoms with Crippen LogP contribution >= 0.6 is 0 Å². The molecule has 0 atom stereocenters. The van der Waals surface area contributed by atoms with Crippen molar-refractivity contribution in [2.24, 2.45) is 21.5 Å². The Balaban J connectivity index is 0.772. The van der Waals surface area contributed by atoms with Crippen LogP contribution in [0.1, 0.15) is 107 Å². The smallest absolute Gasteiger partial charge is 0.308 e. The van der Waals surface area contributed by atoms with Crippen LogP contribution in [-0.4, -0.2) is 268 Å². The van der Waals surface area contributed by atoms with Crippen molar-refractivity contribution < 1.29 is 90.3 Å². The number of carbonyl (C=O) groups is 6. The number of H-pyrrole nitrogens is 2. The molecule has 4 aromatic heterocycles. The zero-order chi connectivity index (χ0) is 73.9. The van der Waals surface area contributed by atoms with Gasteiger partial charge in [0.25, 0.3) is 11.8 Å². The van der Waals surface area contributed by atoms with Crippen LogP contribution in [-0.2, 0) is 87.9 Å². The van der Waals surface area contributed by atoms with E-state index in [9.17, 15) is 28.8 Å².